The third kappa shape index (κ3) is 3.65. The molecule has 0 amide bonds. The van der Waals surface area contributed by atoms with Crippen LogP contribution in [-0.2, 0) is 12.3 Å². The molecule has 1 unspecified atom stereocenters. The first-order chi connectivity index (χ1) is 8.33. The number of likely N-dealkylation sites (tertiary alicyclic amines) is 1. The Balaban J connectivity index is 1.72. The van der Waals surface area contributed by atoms with Gasteiger partial charge in [0.2, 0.25) is 0 Å². The van der Waals surface area contributed by atoms with Gasteiger partial charge in [-0.1, -0.05) is 0 Å². The summed E-state index contributed by atoms with van der Waals surface area (Å²) in [5.41, 5.74) is 0.987. The quantitative estimate of drug-likeness (QED) is 0.809. The molecule has 96 valence electrons. The first-order valence-electron chi connectivity index (χ1n) is 6.17. The van der Waals surface area contributed by atoms with Gasteiger partial charge in [-0.2, -0.15) is 0 Å². The van der Waals surface area contributed by atoms with E-state index in [0.717, 1.165) is 38.0 Å². The van der Waals surface area contributed by atoms with Gasteiger partial charge in [0.05, 0.1) is 23.2 Å². The first kappa shape index (κ1) is 13.3. The van der Waals surface area contributed by atoms with E-state index in [4.69, 9.17) is 11.6 Å². The molecule has 2 heterocycles. The molecule has 1 aromatic rings. The van der Waals surface area contributed by atoms with Gasteiger partial charge in [-0.15, -0.1) is 22.9 Å². The molecule has 0 bridgehead atoms. The van der Waals surface area contributed by atoms with E-state index in [-0.39, 0.29) is 0 Å². The number of rotatable bonds is 6. The fourth-order valence-electron chi connectivity index (χ4n) is 2.35. The van der Waals surface area contributed by atoms with Gasteiger partial charge in [-0.05, 0) is 32.4 Å². The molecule has 5 heteroatoms. The number of nitrogens with zero attached hydrogens (tertiary/aromatic N) is 2. The molecule has 1 atom stereocenters. The fraction of sp³-hybridized carbons (Fsp3) is 0.750. The Labute approximate surface area is 111 Å². The Morgan fingerprint density at radius 1 is 1.59 bits per heavy atom. The summed E-state index contributed by atoms with van der Waals surface area (Å²) in [4.78, 5) is 6.85. The molecule has 3 nitrogen and oxygen atoms in total. The predicted molar refractivity (Wildman–Crippen MR) is 71.7 cm³/mol. The molecule has 1 aromatic heterocycles. The van der Waals surface area contributed by atoms with Crippen molar-refractivity contribution in [2.75, 3.05) is 19.7 Å². The number of hydrogen-bond acceptors (Lipinski definition) is 4. The van der Waals surface area contributed by atoms with E-state index in [1.54, 1.807) is 11.3 Å². The number of aryl methyl sites for hydroxylation is 1. The second-order valence-corrected chi connectivity index (χ2v) is 5.69. The number of aliphatic hydroxyl groups is 1. The normalized spacial score (nSPS) is 21.2. The third-order valence-electron chi connectivity index (χ3n) is 3.28. The van der Waals surface area contributed by atoms with Gasteiger partial charge < -0.3 is 5.11 Å². The molecule has 1 aliphatic heterocycles. The van der Waals surface area contributed by atoms with Crippen LogP contribution < -0.4 is 0 Å². The van der Waals surface area contributed by atoms with Crippen molar-refractivity contribution in [1.29, 1.82) is 0 Å². The topological polar surface area (TPSA) is 36.4 Å². The minimum Gasteiger partial charge on any atom is -0.395 e. The minimum absolute atomic E-state index is 0.299. The highest BCUT2D eigenvalue weighted by Gasteiger charge is 2.22. The van der Waals surface area contributed by atoms with Gasteiger partial charge in [-0.25, -0.2) is 4.98 Å². The summed E-state index contributed by atoms with van der Waals surface area (Å²) in [5.74, 6) is 0.509. The Hall–Kier alpha value is -0.160. The van der Waals surface area contributed by atoms with E-state index in [1.165, 1.54) is 11.4 Å². The minimum atomic E-state index is 0.299. The van der Waals surface area contributed by atoms with Crippen LogP contribution in [-0.4, -0.2) is 40.7 Å². The molecule has 1 fully saturated rings. The predicted octanol–water partition coefficient (Wildman–Crippen LogP) is 2.27. The Kier molecular flexibility index (Phi) is 5.22. The highest BCUT2D eigenvalue weighted by molar-refractivity contribution is 7.09. The molecule has 0 saturated carbocycles. The van der Waals surface area contributed by atoms with Crippen LogP contribution in [0.4, 0.5) is 0 Å². The molecule has 17 heavy (non-hydrogen) atoms. The summed E-state index contributed by atoms with van der Waals surface area (Å²) in [6.45, 7) is 2.50. The lowest BCUT2D eigenvalue weighted by Crippen LogP contribution is -2.33. The molecule has 0 aliphatic carbocycles. The van der Waals surface area contributed by atoms with Crippen LogP contribution in [0.25, 0.3) is 0 Å². The molecule has 1 N–H and O–H groups in total. The third-order valence-corrected chi connectivity index (χ3v) is 4.51. The molecule has 0 radical (unpaired) electrons. The summed E-state index contributed by atoms with van der Waals surface area (Å²) >= 11 is 7.42. The Bertz CT molecular complexity index is 345. The maximum atomic E-state index is 9.22. The number of aliphatic hydroxyl groups excluding tert-OH is 1. The van der Waals surface area contributed by atoms with Crippen molar-refractivity contribution in [1.82, 2.24) is 9.88 Å². The molecule has 1 saturated heterocycles. The lowest BCUT2D eigenvalue weighted by Gasteiger charge is -2.22. The number of aromatic nitrogens is 1. The highest BCUT2D eigenvalue weighted by Crippen LogP contribution is 2.18. The average molecular weight is 275 g/mol. The van der Waals surface area contributed by atoms with E-state index in [2.05, 4.69) is 9.88 Å². The lowest BCUT2D eigenvalue weighted by molar-refractivity contribution is 0.158. The fourth-order valence-corrected chi connectivity index (χ4v) is 3.42. The van der Waals surface area contributed by atoms with Gasteiger partial charge in [0.25, 0.3) is 0 Å². The molecule has 2 rings (SSSR count). The zero-order valence-corrected chi connectivity index (χ0v) is 11.5. The van der Waals surface area contributed by atoms with Gasteiger partial charge in [0, 0.05) is 17.8 Å². The van der Waals surface area contributed by atoms with Crippen molar-refractivity contribution in [2.24, 2.45) is 0 Å². The molecular formula is C12H19ClN2OS. The molecule has 1 aliphatic rings. The van der Waals surface area contributed by atoms with Crippen LogP contribution in [0.15, 0.2) is 5.38 Å². The number of hydrogen-bond donors (Lipinski definition) is 1. The second-order valence-electron chi connectivity index (χ2n) is 4.48. The second kappa shape index (κ2) is 6.69. The van der Waals surface area contributed by atoms with Crippen molar-refractivity contribution >= 4 is 22.9 Å². The zero-order valence-electron chi connectivity index (χ0n) is 9.94. The highest BCUT2D eigenvalue weighted by atomic mass is 35.5. The number of alkyl halides is 1. The van der Waals surface area contributed by atoms with Crippen molar-refractivity contribution in [3.63, 3.8) is 0 Å². The van der Waals surface area contributed by atoms with Crippen molar-refractivity contribution in [3.8, 4) is 0 Å². The Morgan fingerprint density at radius 2 is 2.47 bits per heavy atom. The van der Waals surface area contributed by atoms with E-state index in [0.29, 0.717) is 18.5 Å². The summed E-state index contributed by atoms with van der Waals surface area (Å²) in [7, 11) is 0. The van der Waals surface area contributed by atoms with Gasteiger partial charge in [-0.3, -0.25) is 4.90 Å². The SMILES string of the molecule is OCC1CCCN1CCCc1nc(CCl)cs1. The van der Waals surface area contributed by atoms with Crippen molar-refractivity contribution < 1.29 is 5.11 Å². The average Bonchev–Trinajstić information content (AvgIpc) is 2.97. The number of halogens is 1. The zero-order chi connectivity index (χ0) is 12.1. The van der Waals surface area contributed by atoms with Crippen molar-refractivity contribution in [3.05, 3.63) is 16.1 Å². The van der Waals surface area contributed by atoms with Crippen LogP contribution in [0.3, 0.4) is 0 Å². The maximum absolute atomic E-state index is 9.22. The van der Waals surface area contributed by atoms with Gasteiger partial charge in [0.1, 0.15) is 0 Å². The summed E-state index contributed by atoms with van der Waals surface area (Å²) in [5, 5.41) is 12.4. The molecule has 0 spiro atoms. The monoisotopic (exact) mass is 274 g/mol. The van der Waals surface area contributed by atoms with E-state index < -0.39 is 0 Å². The standard InChI is InChI=1S/C12H19ClN2OS/c13-7-10-9-17-12(14-10)4-2-6-15-5-1-3-11(15)8-16/h9,11,16H,1-8H2. The lowest BCUT2D eigenvalue weighted by atomic mass is 10.2. The Morgan fingerprint density at radius 3 is 3.18 bits per heavy atom. The number of thiazole rings is 1. The maximum Gasteiger partial charge on any atom is 0.0929 e. The van der Waals surface area contributed by atoms with Crippen LogP contribution in [0.2, 0.25) is 0 Å². The van der Waals surface area contributed by atoms with E-state index >= 15 is 0 Å². The molecular weight excluding hydrogens is 256 g/mol. The van der Waals surface area contributed by atoms with E-state index in [9.17, 15) is 5.11 Å². The van der Waals surface area contributed by atoms with Gasteiger partial charge >= 0.3 is 0 Å². The summed E-state index contributed by atoms with van der Waals surface area (Å²) in [6, 6.07) is 0.393. The largest absolute Gasteiger partial charge is 0.395 e. The van der Waals surface area contributed by atoms with Gasteiger partial charge in [0.15, 0.2) is 0 Å². The van der Waals surface area contributed by atoms with Crippen LogP contribution in [0, 0.1) is 0 Å². The first-order valence-corrected chi connectivity index (χ1v) is 7.59. The smallest absolute Gasteiger partial charge is 0.0929 e. The molecule has 0 aromatic carbocycles. The van der Waals surface area contributed by atoms with E-state index in [1.807, 2.05) is 5.38 Å². The van der Waals surface area contributed by atoms with Crippen LogP contribution in [0.1, 0.15) is 30.0 Å². The summed E-state index contributed by atoms with van der Waals surface area (Å²) < 4.78 is 0. The summed E-state index contributed by atoms with van der Waals surface area (Å²) in [6.07, 6.45) is 4.50. The van der Waals surface area contributed by atoms with Crippen molar-refractivity contribution in [2.45, 2.75) is 37.6 Å². The van der Waals surface area contributed by atoms with Crippen LogP contribution in [0.5, 0.6) is 0 Å². The van der Waals surface area contributed by atoms with Crippen LogP contribution >= 0.6 is 22.9 Å².